The lowest BCUT2D eigenvalue weighted by Gasteiger charge is -2.38. The molecule has 150 valence electrons. The number of carboxylic acid groups (broad SMARTS) is 1. The van der Waals surface area contributed by atoms with Crippen molar-refractivity contribution in [3.8, 4) is 11.3 Å². The van der Waals surface area contributed by atoms with Crippen LogP contribution in [0, 0.1) is 17.6 Å². The molecule has 1 aromatic carbocycles. The third-order valence-electron chi connectivity index (χ3n) is 4.90. The Hall–Kier alpha value is -2.81. The number of aromatic nitrogens is 1. The van der Waals surface area contributed by atoms with Crippen molar-refractivity contribution in [2.24, 2.45) is 5.92 Å². The van der Waals surface area contributed by atoms with Crippen molar-refractivity contribution < 1.29 is 27.9 Å². The summed E-state index contributed by atoms with van der Waals surface area (Å²) in [4.78, 5) is 29.9. The summed E-state index contributed by atoms with van der Waals surface area (Å²) in [5.41, 5.74) is -0.0263. The number of aliphatic carboxylic acids is 1. The first-order chi connectivity index (χ1) is 13.3. The molecule has 1 aliphatic heterocycles. The van der Waals surface area contributed by atoms with Crippen LogP contribution in [0.1, 0.15) is 31.0 Å². The quantitative estimate of drug-likeness (QED) is 0.811. The summed E-state index contributed by atoms with van der Waals surface area (Å²) in [6.45, 7) is 4.96. The van der Waals surface area contributed by atoms with E-state index in [1.54, 1.807) is 0 Å². The molecule has 7 nitrogen and oxygen atoms in total. The van der Waals surface area contributed by atoms with Crippen LogP contribution in [0.5, 0.6) is 0 Å². The number of benzene rings is 1. The molecule has 2 N–H and O–H groups in total. The molecule has 9 heteroatoms. The van der Waals surface area contributed by atoms with Gasteiger partial charge in [-0.2, -0.15) is 0 Å². The van der Waals surface area contributed by atoms with Crippen LogP contribution in [0.25, 0.3) is 11.3 Å². The van der Waals surface area contributed by atoms with Gasteiger partial charge < -0.3 is 14.8 Å². The molecule has 1 amide bonds. The average molecular weight is 393 g/mol. The van der Waals surface area contributed by atoms with Crippen LogP contribution in [0.15, 0.2) is 28.8 Å². The van der Waals surface area contributed by atoms with E-state index in [0.29, 0.717) is 25.6 Å². The van der Waals surface area contributed by atoms with Gasteiger partial charge in [0.1, 0.15) is 11.6 Å². The molecule has 1 aliphatic rings. The molecule has 0 bridgehead atoms. The minimum atomic E-state index is -0.989. The summed E-state index contributed by atoms with van der Waals surface area (Å²) in [5.74, 6) is -4.33. The van der Waals surface area contributed by atoms with Gasteiger partial charge in [-0.3, -0.25) is 14.5 Å². The number of hydrogen-bond acceptors (Lipinski definition) is 5. The molecule has 0 unspecified atom stereocenters. The lowest BCUT2D eigenvalue weighted by Crippen LogP contribution is -2.55. The van der Waals surface area contributed by atoms with Crippen LogP contribution in [0.3, 0.4) is 0 Å². The Kier molecular flexibility index (Phi) is 5.73. The fourth-order valence-electron chi connectivity index (χ4n) is 3.29. The van der Waals surface area contributed by atoms with Gasteiger partial charge in [0, 0.05) is 31.2 Å². The fourth-order valence-corrected chi connectivity index (χ4v) is 3.29. The van der Waals surface area contributed by atoms with E-state index in [1.165, 1.54) is 12.3 Å². The number of carbonyl (C=O) groups is 2. The number of likely N-dealkylation sites (tertiary alicyclic amines) is 1. The van der Waals surface area contributed by atoms with E-state index in [2.05, 4.69) is 10.3 Å². The van der Waals surface area contributed by atoms with E-state index in [-0.39, 0.29) is 23.3 Å². The Morgan fingerprint density at radius 2 is 2.11 bits per heavy atom. The van der Waals surface area contributed by atoms with Gasteiger partial charge in [0.05, 0.1) is 17.7 Å². The molecule has 2 atom stereocenters. The lowest BCUT2D eigenvalue weighted by molar-refractivity contribution is -0.144. The first kappa shape index (κ1) is 19.9. The molecular formula is C19H21F2N3O4. The third kappa shape index (κ3) is 4.19. The predicted octanol–water partition coefficient (Wildman–Crippen LogP) is 2.53. The van der Waals surface area contributed by atoms with Crippen LogP contribution < -0.4 is 5.32 Å². The van der Waals surface area contributed by atoms with Crippen molar-refractivity contribution >= 4 is 11.9 Å². The zero-order valence-corrected chi connectivity index (χ0v) is 15.5. The van der Waals surface area contributed by atoms with Gasteiger partial charge in [-0.05, 0) is 32.4 Å². The Labute approximate surface area is 160 Å². The van der Waals surface area contributed by atoms with Crippen LogP contribution in [0.2, 0.25) is 0 Å². The fraction of sp³-hybridized carbons (Fsp3) is 0.421. The maximum absolute atomic E-state index is 13.9. The van der Waals surface area contributed by atoms with Crippen LogP contribution in [0.4, 0.5) is 8.78 Å². The third-order valence-corrected chi connectivity index (χ3v) is 4.90. The number of carbonyl (C=O) groups excluding carboxylic acids is 1. The first-order valence-corrected chi connectivity index (χ1v) is 8.95. The van der Waals surface area contributed by atoms with E-state index >= 15 is 0 Å². The molecule has 2 heterocycles. The number of hydrogen-bond donors (Lipinski definition) is 2. The van der Waals surface area contributed by atoms with Crippen molar-refractivity contribution in [3.05, 3.63) is 41.9 Å². The van der Waals surface area contributed by atoms with Gasteiger partial charge in [-0.1, -0.05) is 0 Å². The highest BCUT2D eigenvalue weighted by atomic mass is 19.1. The molecular weight excluding hydrogens is 372 g/mol. The highest BCUT2D eigenvalue weighted by Gasteiger charge is 2.36. The van der Waals surface area contributed by atoms with E-state index in [9.17, 15) is 23.5 Å². The highest BCUT2D eigenvalue weighted by molar-refractivity contribution is 5.90. The smallest absolute Gasteiger partial charge is 0.309 e. The highest BCUT2D eigenvalue weighted by Crippen LogP contribution is 2.25. The molecule has 2 aromatic rings. The summed E-state index contributed by atoms with van der Waals surface area (Å²) in [6.07, 6.45) is 1.64. The van der Waals surface area contributed by atoms with Gasteiger partial charge in [-0.15, -0.1) is 0 Å². The average Bonchev–Trinajstić information content (AvgIpc) is 3.11. The molecule has 0 saturated carbocycles. The van der Waals surface area contributed by atoms with Crippen molar-refractivity contribution in [1.82, 2.24) is 15.2 Å². The summed E-state index contributed by atoms with van der Waals surface area (Å²) in [7, 11) is 0. The normalized spacial score (nSPS) is 20.3. The predicted molar refractivity (Wildman–Crippen MR) is 95.6 cm³/mol. The molecule has 0 radical (unpaired) electrons. The summed E-state index contributed by atoms with van der Waals surface area (Å²) in [5, 5.41) is 12.2. The first-order valence-electron chi connectivity index (χ1n) is 8.95. The monoisotopic (exact) mass is 393 g/mol. The number of nitrogens with zero attached hydrogens (tertiary/aromatic N) is 2. The summed E-state index contributed by atoms with van der Waals surface area (Å²) in [6, 6.07) is 2.60. The number of amides is 1. The zero-order valence-electron chi connectivity index (χ0n) is 15.5. The maximum atomic E-state index is 13.9. The van der Waals surface area contributed by atoms with E-state index < -0.39 is 35.5 Å². The lowest BCUT2D eigenvalue weighted by atomic mass is 9.91. The van der Waals surface area contributed by atoms with Crippen molar-refractivity contribution in [3.63, 3.8) is 0 Å². The second kappa shape index (κ2) is 8.05. The SMILES string of the molecule is CC(C)N1CC[C@H](NC(=O)c2ncc(-c3ccc(F)cc3F)o2)[C@@H](C(=O)O)C1. The summed E-state index contributed by atoms with van der Waals surface area (Å²) >= 11 is 0. The standard InChI is InChI=1S/C19H21F2N3O4/c1-10(2)24-6-5-15(13(9-24)19(26)27)23-17(25)18-22-8-16(28-18)12-4-3-11(20)7-14(12)21/h3-4,7-8,10,13,15H,5-6,9H2,1-2H3,(H,23,25)(H,26,27)/t13-,15-/m0/s1. The van der Waals surface area contributed by atoms with Gasteiger partial charge in [0.25, 0.3) is 5.89 Å². The number of piperidine rings is 1. The maximum Gasteiger partial charge on any atom is 0.309 e. The Bertz CT molecular complexity index is 884. The molecule has 28 heavy (non-hydrogen) atoms. The second-order valence-corrected chi connectivity index (χ2v) is 7.06. The van der Waals surface area contributed by atoms with Crippen LogP contribution in [-0.2, 0) is 4.79 Å². The van der Waals surface area contributed by atoms with Crippen molar-refractivity contribution in [2.75, 3.05) is 13.1 Å². The molecule has 1 fully saturated rings. The second-order valence-electron chi connectivity index (χ2n) is 7.06. The number of rotatable bonds is 5. The Morgan fingerprint density at radius 3 is 2.75 bits per heavy atom. The van der Waals surface area contributed by atoms with E-state index in [4.69, 9.17) is 4.42 Å². The van der Waals surface area contributed by atoms with E-state index in [0.717, 1.165) is 6.07 Å². The Balaban J connectivity index is 1.73. The Morgan fingerprint density at radius 1 is 1.36 bits per heavy atom. The molecule has 0 spiro atoms. The topological polar surface area (TPSA) is 95.7 Å². The molecule has 3 rings (SSSR count). The number of nitrogens with one attached hydrogen (secondary N) is 1. The van der Waals surface area contributed by atoms with Crippen molar-refractivity contribution in [2.45, 2.75) is 32.4 Å². The van der Waals surface area contributed by atoms with Crippen LogP contribution >= 0.6 is 0 Å². The van der Waals surface area contributed by atoms with Crippen molar-refractivity contribution in [1.29, 1.82) is 0 Å². The zero-order chi connectivity index (χ0) is 20.4. The number of carboxylic acids is 1. The molecule has 1 aromatic heterocycles. The number of oxazole rings is 1. The molecule has 0 aliphatic carbocycles. The van der Waals surface area contributed by atoms with Crippen LogP contribution in [-0.4, -0.2) is 52.0 Å². The van der Waals surface area contributed by atoms with E-state index in [1.807, 2.05) is 18.7 Å². The summed E-state index contributed by atoms with van der Waals surface area (Å²) < 4.78 is 32.2. The van der Waals surface area contributed by atoms with Gasteiger partial charge in [0.15, 0.2) is 5.76 Å². The minimum absolute atomic E-state index is 0.0212. The van der Waals surface area contributed by atoms with Gasteiger partial charge >= 0.3 is 11.9 Å². The van der Waals surface area contributed by atoms with Gasteiger partial charge in [-0.25, -0.2) is 13.8 Å². The molecule has 1 saturated heterocycles. The minimum Gasteiger partial charge on any atom is -0.481 e. The van der Waals surface area contributed by atoms with Gasteiger partial charge in [0.2, 0.25) is 0 Å². The number of halogens is 2. The largest absolute Gasteiger partial charge is 0.481 e.